The van der Waals surface area contributed by atoms with E-state index in [4.69, 9.17) is 8.92 Å². The van der Waals surface area contributed by atoms with Gasteiger partial charge in [-0.05, 0) is 32.1 Å². The van der Waals surface area contributed by atoms with Gasteiger partial charge in [-0.15, -0.1) is 0 Å². The standard InChI is InChI=1S/C14H25NO5S/c1-3-4-9-19-13(16)15-10-14(11-15)7-5-12(6-8-14)20-21(2,17)18/h12H,3-11H2,1-2H3. The van der Waals surface area contributed by atoms with Crippen molar-refractivity contribution in [2.24, 2.45) is 5.41 Å². The van der Waals surface area contributed by atoms with Gasteiger partial charge in [0.1, 0.15) is 0 Å². The highest BCUT2D eigenvalue weighted by atomic mass is 32.2. The van der Waals surface area contributed by atoms with Gasteiger partial charge in [0.05, 0.1) is 19.0 Å². The SMILES string of the molecule is CCCCOC(=O)N1CC2(CCC(OS(C)(=O)=O)CC2)C1. The number of carbonyl (C=O) groups is 1. The fraction of sp³-hybridized carbons (Fsp3) is 0.929. The summed E-state index contributed by atoms with van der Waals surface area (Å²) in [6.07, 6.45) is 5.89. The molecule has 122 valence electrons. The summed E-state index contributed by atoms with van der Waals surface area (Å²) in [7, 11) is -3.37. The zero-order valence-corrected chi connectivity index (χ0v) is 13.7. The molecular formula is C14H25NO5S. The normalized spacial score (nSPS) is 22.1. The first-order chi connectivity index (χ1) is 9.84. The fourth-order valence-electron chi connectivity index (χ4n) is 3.15. The summed E-state index contributed by atoms with van der Waals surface area (Å²) in [6.45, 7) is 4.00. The van der Waals surface area contributed by atoms with E-state index in [0.29, 0.717) is 6.61 Å². The van der Waals surface area contributed by atoms with Gasteiger partial charge in [-0.25, -0.2) is 4.79 Å². The summed E-state index contributed by atoms with van der Waals surface area (Å²) in [6, 6.07) is 0. The molecule has 0 radical (unpaired) electrons. The minimum Gasteiger partial charge on any atom is -0.449 e. The maximum Gasteiger partial charge on any atom is 0.409 e. The second kappa shape index (κ2) is 6.52. The Bertz CT molecular complexity index is 460. The van der Waals surface area contributed by atoms with E-state index in [9.17, 15) is 13.2 Å². The lowest BCUT2D eigenvalue weighted by Gasteiger charge is -2.52. The molecule has 1 saturated heterocycles. The van der Waals surface area contributed by atoms with Crippen LogP contribution in [0.1, 0.15) is 45.4 Å². The highest BCUT2D eigenvalue weighted by molar-refractivity contribution is 7.86. The number of likely N-dealkylation sites (tertiary alicyclic amines) is 1. The van der Waals surface area contributed by atoms with Gasteiger partial charge in [0.2, 0.25) is 0 Å². The number of rotatable bonds is 5. The molecular weight excluding hydrogens is 294 g/mol. The number of amides is 1. The van der Waals surface area contributed by atoms with E-state index >= 15 is 0 Å². The molecule has 1 amide bonds. The van der Waals surface area contributed by atoms with Crippen LogP contribution in [0.15, 0.2) is 0 Å². The van der Waals surface area contributed by atoms with E-state index < -0.39 is 10.1 Å². The number of ether oxygens (including phenoxy) is 1. The average molecular weight is 319 g/mol. The predicted molar refractivity (Wildman–Crippen MR) is 78.4 cm³/mol. The van der Waals surface area contributed by atoms with Gasteiger partial charge in [-0.1, -0.05) is 13.3 Å². The highest BCUT2D eigenvalue weighted by Gasteiger charge is 2.47. The first-order valence-corrected chi connectivity index (χ1v) is 9.45. The van der Waals surface area contributed by atoms with Gasteiger partial charge in [-0.3, -0.25) is 4.18 Å². The molecule has 0 aromatic carbocycles. The third kappa shape index (κ3) is 4.57. The molecule has 2 fully saturated rings. The Morgan fingerprint density at radius 2 is 1.90 bits per heavy atom. The summed E-state index contributed by atoms with van der Waals surface area (Å²) in [5.74, 6) is 0. The largest absolute Gasteiger partial charge is 0.449 e. The van der Waals surface area contributed by atoms with Crippen molar-refractivity contribution in [1.29, 1.82) is 0 Å². The number of nitrogens with zero attached hydrogens (tertiary/aromatic N) is 1. The van der Waals surface area contributed by atoms with E-state index in [-0.39, 0.29) is 17.6 Å². The third-order valence-corrected chi connectivity index (χ3v) is 4.96. The van der Waals surface area contributed by atoms with E-state index in [2.05, 4.69) is 6.92 Å². The maximum atomic E-state index is 11.8. The quantitative estimate of drug-likeness (QED) is 0.573. The summed E-state index contributed by atoms with van der Waals surface area (Å²) in [4.78, 5) is 13.5. The smallest absolute Gasteiger partial charge is 0.409 e. The molecule has 1 heterocycles. The molecule has 0 aromatic rings. The van der Waals surface area contributed by atoms with Crippen molar-refractivity contribution in [3.05, 3.63) is 0 Å². The van der Waals surface area contributed by atoms with Gasteiger partial charge in [-0.2, -0.15) is 8.42 Å². The van der Waals surface area contributed by atoms with Crippen LogP contribution in [0.4, 0.5) is 4.79 Å². The lowest BCUT2D eigenvalue weighted by molar-refractivity contribution is -0.0431. The zero-order valence-electron chi connectivity index (χ0n) is 12.8. The van der Waals surface area contributed by atoms with E-state index in [1.54, 1.807) is 4.90 Å². The molecule has 7 heteroatoms. The van der Waals surface area contributed by atoms with Crippen molar-refractivity contribution in [2.45, 2.75) is 51.6 Å². The number of hydrogen-bond acceptors (Lipinski definition) is 5. The molecule has 2 rings (SSSR count). The minimum absolute atomic E-state index is 0.154. The Morgan fingerprint density at radius 3 is 2.43 bits per heavy atom. The fourth-order valence-corrected chi connectivity index (χ4v) is 3.84. The lowest BCUT2D eigenvalue weighted by atomic mass is 9.68. The summed E-state index contributed by atoms with van der Waals surface area (Å²) in [5, 5.41) is 0. The van der Waals surface area contributed by atoms with E-state index in [0.717, 1.165) is 57.9 Å². The number of hydrogen-bond donors (Lipinski definition) is 0. The molecule has 1 aliphatic heterocycles. The first-order valence-electron chi connectivity index (χ1n) is 7.63. The Morgan fingerprint density at radius 1 is 1.29 bits per heavy atom. The van der Waals surface area contributed by atoms with Crippen LogP contribution >= 0.6 is 0 Å². The van der Waals surface area contributed by atoms with Crippen LogP contribution < -0.4 is 0 Å². The first kappa shape index (κ1) is 16.5. The number of carbonyl (C=O) groups excluding carboxylic acids is 1. The molecule has 1 spiro atoms. The van der Waals surface area contributed by atoms with Crippen molar-refractivity contribution in [2.75, 3.05) is 26.0 Å². The summed E-state index contributed by atoms with van der Waals surface area (Å²) >= 11 is 0. The molecule has 0 atom stereocenters. The van der Waals surface area contributed by atoms with Crippen molar-refractivity contribution in [1.82, 2.24) is 4.90 Å². The molecule has 0 N–H and O–H groups in total. The molecule has 0 unspecified atom stereocenters. The molecule has 21 heavy (non-hydrogen) atoms. The lowest BCUT2D eigenvalue weighted by Crippen LogP contribution is -2.60. The Labute approximate surface area is 126 Å². The van der Waals surface area contributed by atoms with Gasteiger partial charge >= 0.3 is 6.09 Å². The molecule has 1 aliphatic carbocycles. The van der Waals surface area contributed by atoms with Crippen molar-refractivity contribution >= 4 is 16.2 Å². The van der Waals surface area contributed by atoms with Crippen LogP contribution in [-0.2, 0) is 19.0 Å². The average Bonchev–Trinajstić information content (AvgIpc) is 2.35. The van der Waals surface area contributed by atoms with Gasteiger partial charge in [0.15, 0.2) is 0 Å². The van der Waals surface area contributed by atoms with Crippen LogP contribution in [0.25, 0.3) is 0 Å². The van der Waals surface area contributed by atoms with Crippen molar-refractivity contribution < 1.29 is 22.1 Å². The Hall–Kier alpha value is -0.820. The molecule has 0 aromatic heterocycles. The van der Waals surface area contributed by atoms with Crippen LogP contribution in [0.2, 0.25) is 0 Å². The van der Waals surface area contributed by atoms with Gasteiger partial charge in [0.25, 0.3) is 10.1 Å². The second-order valence-electron chi connectivity index (χ2n) is 6.32. The van der Waals surface area contributed by atoms with E-state index in [1.807, 2.05) is 0 Å². The number of unbranched alkanes of at least 4 members (excludes halogenated alkanes) is 1. The highest BCUT2D eigenvalue weighted by Crippen LogP contribution is 2.44. The molecule has 0 bridgehead atoms. The summed E-state index contributed by atoms with van der Waals surface area (Å²) in [5.41, 5.74) is 0.154. The third-order valence-electron chi connectivity index (χ3n) is 4.34. The minimum atomic E-state index is -3.37. The Kier molecular flexibility index (Phi) is 5.14. The van der Waals surface area contributed by atoms with Crippen LogP contribution in [-0.4, -0.2) is 51.5 Å². The monoisotopic (exact) mass is 319 g/mol. The molecule has 6 nitrogen and oxygen atoms in total. The van der Waals surface area contributed by atoms with Crippen LogP contribution in [0.5, 0.6) is 0 Å². The van der Waals surface area contributed by atoms with Crippen molar-refractivity contribution in [3.63, 3.8) is 0 Å². The molecule has 2 aliphatic rings. The second-order valence-corrected chi connectivity index (χ2v) is 7.92. The summed E-state index contributed by atoms with van der Waals surface area (Å²) < 4.78 is 32.5. The Balaban J connectivity index is 1.71. The van der Waals surface area contributed by atoms with Gasteiger partial charge in [0, 0.05) is 18.5 Å². The van der Waals surface area contributed by atoms with Crippen LogP contribution in [0, 0.1) is 5.41 Å². The van der Waals surface area contributed by atoms with Gasteiger partial charge < -0.3 is 9.64 Å². The zero-order chi connectivity index (χ0) is 15.5. The van der Waals surface area contributed by atoms with Crippen LogP contribution in [0.3, 0.4) is 0 Å². The maximum absolute atomic E-state index is 11.8. The van der Waals surface area contributed by atoms with Crippen molar-refractivity contribution in [3.8, 4) is 0 Å². The molecule has 1 saturated carbocycles. The predicted octanol–water partition coefficient (Wildman–Crippen LogP) is 2.14. The topological polar surface area (TPSA) is 72.9 Å². The van der Waals surface area contributed by atoms with E-state index in [1.165, 1.54) is 0 Å².